The summed E-state index contributed by atoms with van der Waals surface area (Å²) in [6.07, 6.45) is 6.29. The van der Waals surface area contributed by atoms with Crippen LogP contribution in [0, 0.1) is 10.8 Å². The van der Waals surface area contributed by atoms with Gasteiger partial charge in [-0.25, -0.2) is 0 Å². The van der Waals surface area contributed by atoms with E-state index in [1.165, 1.54) is 32.1 Å². The van der Waals surface area contributed by atoms with Gasteiger partial charge in [-0.2, -0.15) is 0 Å². The summed E-state index contributed by atoms with van der Waals surface area (Å²) in [5, 5.41) is 0. The highest BCUT2D eigenvalue weighted by Gasteiger charge is 2.44. The van der Waals surface area contributed by atoms with E-state index in [1.54, 1.807) is 0 Å². The number of hydrogen-bond donors (Lipinski definition) is 1. The van der Waals surface area contributed by atoms with E-state index in [1.807, 2.05) is 0 Å². The third-order valence-electron chi connectivity index (χ3n) is 3.47. The average Bonchev–Trinajstić information content (AvgIpc) is 1.75. The molecule has 0 heterocycles. The first-order valence-corrected chi connectivity index (χ1v) is 5.97. The fraction of sp³-hybridized carbons (Fsp3) is 1.00. The van der Waals surface area contributed by atoms with Gasteiger partial charge in [0, 0.05) is 5.54 Å². The quantitative estimate of drug-likeness (QED) is 0.762. The van der Waals surface area contributed by atoms with E-state index in [0.29, 0.717) is 10.8 Å². The van der Waals surface area contributed by atoms with Crippen LogP contribution < -0.4 is 5.73 Å². The average molecular weight is 234 g/mol. The standard InChI is InChI=1S/C13H27N.ClH/c1-6-7-12(4)8-11(2,3)9-13(5,14)10-12;/h6-10,14H2,1-5H3;1H. The minimum atomic E-state index is 0. The molecule has 1 aliphatic carbocycles. The molecule has 1 aliphatic rings. The van der Waals surface area contributed by atoms with Crippen LogP contribution in [0.25, 0.3) is 0 Å². The zero-order valence-electron chi connectivity index (χ0n) is 11.0. The summed E-state index contributed by atoms with van der Waals surface area (Å²) in [7, 11) is 0. The Bertz CT molecular complexity index is 193. The van der Waals surface area contributed by atoms with Gasteiger partial charge in [0.2, 0.25) is 0 Å². The van der Waals surface area contributed by atoms with Crippen molar-refractivity contribution in [1.29, 1.82) is 0 Å². The molecule has 0 bridgehead atoms. The van der Waals surface area contributed by atoms with Crippen molar-refractivity contribution in [1.82, 2.24) is 0 Å². The van der Waals surface area contributed by atoms with Gasteiger partial charge in [0.25, 0.3) is 0 Å². The first kappa shape index (κ1) is 15.2. The van der Waals surface area contributed by atoms with Crippen LogP contribution in [0.5, 0.6) is 0 Å². The molecule has 0 aliphatic heterocycles. The predicted molar refractivity (Wildman–Crippen MR) is 70.5 cm³/mol. The molecule has 0 spiro atoms. The van der Waals surface area contributed by atoms with Crippen LogP contribution >= 0.6 is 12.4 Å². The van der Waals surface area contributed by atoms with E-state index >= 15 is 0 Å². The molecular formula is C13H28ClN. The van der Waals surface area contributed by atoms with Gasteiger partial charge in [0.1, 0.15) is 0 Å². The van der Waals surface area contributed by atoms with Crippen LogP contribution in [-0.2, 0) is 0 Å². The maximum Gasteiger partial charge on any atom is 0.0136 e. The maximum absolute atomic E-state index is 6.36. The highest BCUT2D eigenvalue weighted by molar-refractivity contribution is 5.85. The van der Waals surface area contributed by atoms with Crippen molar-refractivity contribution in [2.45, 2.75) is 72.3 Å². The van der Waals surface area contributed by atoms with Gasteiger partial charge in [-0.05, 0) is 43.4 Å². The molecule has 1 rings (SSSR count). The van der Waals surface area contributed by atoms with Crippen molar-refractivity contribution < 1.29 is 0 Å². The lowest BCUT2D eigenvalue weighted by molar-refractivity contribution is 0.0378. The molecule has 15 heavy (non-hydrogen) atoms. The summed E-state index contributed by atoms with van der Waals surface area (Å²) in [4.78, 5) is 0. The van der Waals surface area contributed by atoms with Crippen molar-refractivity contribution in [3.05, 3.63) is 0 Å². The topological polar surface area (TPSA) is 26.0 Å². The third kappa shape index (κ3) is 4.32. The lowest BCUT2D eigenvalue weighted by Crippen LogP contribution is -2.50. The lowest BCUT2D eigenvalue weighted by atomic mass is 9.57. The zero-order chi connectivity index (χ0) is 11.0. The molecule has 0 aromatic rings. The Morgan fingerprint density at radius 2 is 1.53 bits per heavy atom. The van der Waals surface area contributed by atoms with Gasteiger partial charge in [-0.3, -0.25) is 0 Å². The Labute approximate surface area is 102 Å². The number of halogens is 1. The lowest BCUT2D eigenvalue weighted by Gasteiger charge is -2.50. The van der Waals surface area contributed by atoms with Crippen molar-refractivity contribution in [2.24, 2.45) is 16.6 Å². The minimum Gasteiger partial charge on any atom is -0.325 e. The number of rotatable bonds is 2. The van der Waals surface area contributed by atoms with Crippen molar-refractivity contribution in [2.75, 3.05) is 0 Å². The van der Waals surface area contributed by atoms with E-state index < -0.39 is 0 Å². The monoisotopic (exact) mass is 233 g/mol. The molecule has 1 nitrogen and oxygen atoms in total. The van der Waals surface area contributed by atoms with E-state index in [0.717, 1.165) is 0 Å². The van der Waals surface area contributed by atoms with Gasteiger partial charge < -0.3 is 5.73 Å². The van der Waals surface area contributed by atoms with Crippen molar-refractivity contribution >= 4 is 12.4 Å². The molecular weight excluding hydrogens is 206 g/mol. The third-order valence-corrected chi connectivity index (χ3v) is 3.47. The SMILES string of the molecule is CCCC1(C)CC(C)(C)CC(C)(N)C1.Cl. The Morgan fingerprint density at radius 3 is 1.93 bits per heavy atom. The minimum absolute atomic E-state index is 0. The van der Waals surface area contributed by atoms with Crippen molar-refractivity contribution in [3.8, 4) is 0 Å². The summed E-state index contributed by atoms with van der Waals surface area (Å²) in [6.45, 7) is 11.7. The molecule has 0 saturated heterocycles. The molecule has 92 valence electrons. The van der Waals surface area contributed by atoms with E-state index in [4.69, 9.17) is 5.73 Å². The molecule has 1 saturated carbocycles. The summed E-state index contributed by atoms with van der Waals surface area (Å²) < 4.78 is 0. The van der Waals surface area contributed by atoms with E-state index in [2.05, 4.69) is 34.6 Å². The molecule has 2 N–H and O–H groups in total. The van der Waals surface area contributed by atoms with Gasteiger partial charge in [-0.15, -0.1) is 12.4 Å². The summed E-state index contributed by atoms with van der Waals surface area (Å²) in [5.74, 6) is 0. The molecule has 0 radical (unpaired) electrons. The number of nitrogens with two attached hydrogens (primary N) is 1. The molecule has 0 aromatic heterocycles. The molecule has 1 fully saturated rings. The van der Waals surface area contributed by atoms with Crippen LogP contribution in [-0.4, -0.2) is 5.54 Å². The fourth-order valence-electron chi connectivity index (χ4n) is 4.19. The molecule has 2 atom stereocenters. The molecule has 0 amide bonds. The Morgan fingerprint density at radius 1 is 1.00 bits per heavy atom. The highest BCUT2D eigenvalue weighted by Crippen LogP contribution is 2.51. The normalized spacial score (nSPS) is 39.6. The van der Waals surface area contributed by atoms with Gasteiger partial charge in [0.15, 0.2) is 0 Å². The van der Waals surface area contributed by atoms with Crippen LogP contribution in [0.3, 0.4) is 0 Å². The summed E-state index contributed by atoms with van der Waals surface area (Å²) in [6, 6.07) is 0. The van der Waals surface area contributed by atoms with Crippen LogP contribution in [0.2, 0.25) is 0 Å². The number of hydrogen-bond acceptors (Lipinski definition) is 1. The van der Waals surface area contributed by atoms with E-state index in [9.17, 15) is 0 Å². The Hall–Kier alpha value is 0.250. The first-order valence-electron chi connectivity index (χ1n) is 5.97. The second-order valence-electron chi connectivity index (χ2n) is 6.91. The smallest absolute Gasteiger partial charge is 0.0136 e. The zero-order valence-corrected chi connectivity index (χ0v) is 11.8. The molecule has 0 aromatic carbocycles. The Kier molecular flexibility index (Phi) is 4.71. The van der Waals surface area contributed by atoms with Gasteiger partial charge in [0.05, 0.1) is 0 Å². The van der Waals surface area contributed by atoms with Crippen molar-refractivity contribution in [3.63, 3.8) is 0 Å². The van der Waals surface area contributed by atoms with Crippen LogP contribution in [0.15, 0.2) is 0 Å². The summed E-state index contributed by atoms with van der Waals surface area (Å²) >= 11 is 0. The van der Waals surface area contributed by atoms with Gasteiger partial charge in [-0.1, -0.05) is 34.1 Å². The predicted octanol–water partition coefficient (Wildman–Crippen LogP) is 4.14. The second kappa shape index (κ2) is 4.63. The largest absolute Gasteiger partial charge is 0.325 e. The second-order valence-corrected chi connectivity index (χ2v) is 6.91. The van der Waals surface area contributed by atoms with E-state index in [-0.39, 0.29) is 17.9 Å². The molecule has 2 unspecified atom stereocenters. The Balaban J connectivity index is 0.00000196. The maximum atomic E-state index is 6.36. The van der Waals surface area contributed by atoms with Gasteiger partial charge >= 0.3 is 0 Å². The summed E-state index contributed by atoms with van der Waals surface area (Å²) in [5.41, 5.74) is 7.30. The molecule has 2 heteroatoms. The van der Waals surface area contributed by atoms with Crippen LogP contribution in [0.1, 0.15) is 66.7 Å². The first-order chi connectivity index (χ1) is 6.18. The van der Waals surface area contributed by atoms with Crippen LogP contribution in [0.4, 0.5) is 0 Å². The highest BCUT2D eigenvalue weighted by atomic mass is 35.5. The fourth-order valence-corrected chi connectivity index (χ4v) is 4.19.